The van der Waals surface area contributed by atoms with Crippen LogP contribution < -0.4 is 10.5 Å². The third-order valence-electron chi connectivity index (χ3n) is 2.21. The van der Waals surface area contributed by atoms with E-state index in [9.17, 15) is 8.78 Å². The number of hydrogen-bond donors (Lipinski definition) is 1. The summed E-state index contributed by atoms with van der Waals surface area (Å²) in [7, 11) is 1.37. The van der Waals surface area contributed by atoms with Crippen LogP contribution in [0.2, 0.25) is 0 Å². The fraction of sp³-hybridized carbons (Fsp3) is 0.455. The van der Waals surface area contributed by atoms with Gasteiger partial charge in [-0.15, -0.1) is 0 Å². The van der Waals surface area contributed by atoms with Crippen molar-refractivity contribution in [2.45, 2.75) is 25.8 Å². The average molecular weight is 215 g/mol. The lowest BCUT2D eigenvalue weighted by Gasteiger charge is -2.20. The fourth-order valence-electron chi connectivity index (χ4n) is 1.31. The van der Waals surface area contributed by atoms with Crippen LogP contribution in [0.4, 0.5) is 8.78 Å². The van der Waals surface area contributed by atoms with E-state index in [0.717, 1.165) is 0 Å². The van der Waals surface area contributed by atoms with Gasteiger partial charge >= 0.3 is 0 Å². The summed E-state index contributed by atoms with van der Waals surface area (Å²) in [6.45, 7) is 3.54. The van der Waals surface area contributed by atoms with Crippen LogP contribution in [-0.2, 0) is 5.54 Å². The third kappa shape index (κ3) is 2.65. The minimum atomic E-state index is -2.55. The molecule has 0 atom stereocenters. The second-order valence-corrected chi connectivity index (χ2v) is 3.98. The maximum Gasteiger partial charge on any atom is 0.267 e. The molecule has 1 rings (SSSR count). The van der Waals surface area contributed by atoms with Crippen molar-refractivity contribution >= 4 is 0 Å². The van der Waals surface area contributed by atoms with Crippen LogP contribution in [0.1, 0.15) is 31.4 Å². The standard InChI is InChI=1S/C11H15F2NO/c1-11(2,14)7-4-5-9(15-3)8(6-7)10(12)13/h4-6,10H,14H2,1-3H3. The van der Waals surface area contributed by atoms with Gasteiger partial charge < -0.3 is 10.5 Å². The molecule has 0 saturated heterocycles. The number of halogens is 2. The van der Waals surface area contributed by atoms with Crippen LogP contribution in [0.3, 0.4) is 0 Å². The normalized spacial score (nSPS) is 11.9. The van der Waals surface area contributed by atoms with Gasteiger partial charge in [0.05, 0.1) is 12.7 Å². The molecule has 0 saturated carbocycles. The van der Waals surface area contributed by atoms with Gasteiger partial charge in [-0.05, 0) is 31.5 Å². The summed E-state index contributed by atoms with van der Waals surface area (Å²) in [4.78, 5) is 0. The molecular weight excluding hydrogens is 200 g/mol. The lowest BCUT2D eigenvalue weighted by atomic mass is 9.94. The molecule has 0 unspecified atom stereocenters. The molecule has 0 spiro atoms. The lowest BCUT2D eigenvalue weighted by Crippen LogP contribution is -2.28. The lowest BCUT2D eigenvalue weighted by molar-refractivity contribution is 0.147. The summed E-state index contributed by atoms with van der Waals surface area (Å²) in [6.07, 6.45) is -2.55. The first kappa shape index (κ1) is 11.9. The highest BCUT2D eigenvalue weighted by Gasteiger charge is 2.20. The highest BCUT2D eigenvalue weighted by molar-refractivity contribution is 5.40. The molecule has 1 aromatic carbocycles. The highest BCUT2D eigenvalue weighted by atomic mass is 19.3. The van der Waals surface area contributed by atoms with Crippen molar-refractivity contribution in [2.75, 3.05) is 7.11 Å². The molecule has 2 N–H and O–H groups in total. The van der Waals surface area contributed by atoms with Gasteiger partial charge in [0.1, 0.15) is 5.75 Å². The largest absolute Gasteiger partial charge is 0.496 e. The maximum atomic E-state index is 12.7. The van der Waals surface area contributed by atoms with Gasteiger partial charge in [0, 0.05) is 5.54 Å². The Morgan fingerprint density at radius 2 is 1.93 bits per heavy atom. The van der Waals surface area contributed by atoms with E-state index in [-0.39, 0.29) is 11.3 Å². The summed E-state index contributed by atoms with van der Waals surface area (Å²) >= 11 is 0. The van der Waals surface area contributed by atoms with Crippen LogP contribution in [0, 0.1) is 0 Å². The molecule has 0 bridgehead atoms. The summed E-state index contributed by atoms with van der Waals surface area (Å²) in [5.74, 6) is 0.193. The second kappa shape index (κ2) is 4.14. The van der Waals surface area contributed by atoms with E-state index >= 15 is 0 Å². The molecule has 1 aromatic rings. The minimum absolute atomic E-state index is 0.117. The number of hydrogen-bond acceptors (Lipinski definition) is 2. The quantitative estimate of drug-likeness (QED) is 0.841. The van der Waals surface area contributed by atoms with Crippen molar-refractivity contribution in [1.82, 2.24) is 0 Å². The van der Waals surface area contributed by atoms with Gasteiger partial charge in [0.15, 0.2) is 0 Å². The summed E-state index contributed by atoms with van der Waals surface area (Å²) < 4.78 is 30.2. The Bertz CT molecular complexity index is 345. The molecule has 0 aliphatic rings. The van der Waals surface area contributed by atoms with Crippen LogP contribution in [-0.4, -0.2) is 7.11 Å². The Labute approximate surface area is 88.0 Å². The van der Waals surface area contributed by atoms with Crippen LogP contribution in [0.25, 0.3) is 0 Å². The van der Waals surface area contributed by atoms with Crippen LogP contribution >= 0.6 is 0 Å². The SMILES string of the molecule is COc1ccc(C(C)(C)N)cc1C(F)F. The Kier molecular flexibility index (Phi) is 3.29. The van der Waals surface area contributed by atoms with E-state index in [1.165, 1.54) is 19.2 Å². The number of benzene rings is 1. The first-order chi connectivity index (χ1) is 6.86. The zero-order valence-electron chi connectivity index (χ0n) is 9.05. The van der Waals surface area contributed by atoms with Crippen molar-refractivity contribution in [2.24, 2.45) is 5.73 Å². The molecule has 15 heavy (non-hydrogen) atoms. The molecule has 4 heteroatoms. The molecule has 0 aliphatic heterocycles. The summed E-state index contributed by atoms with van der Waals surface area (Å²) in [6, 6.07) is 4.61. The van der Waals surface area contributed by atoms with Gasteiger partial charge in [-0.2, -0.15) is 0 Å². The Morgan fingerprint density at radius 1 is 1.33 bits per heavy atom. The highest BCUT2D eigenvalue weighted by Crippen LogP contribution is 2.32. The predicted molar refractivity (Wildman–Crippen MR) is 55.2 cm³/mol. The van der Waals surface area contributed by atoms with Crippen molar-refractivity contribution in [3.05, 3.63) is 29.3 Å². The number of rotatable bonds is 3. The van der Waals surface area contributed by atoms with Gasteiger partial charge in [0.25, 0.3) is 6.43 Å². The summed E-state index contributed by atoms with van der Waals surface area (Å²) in [5.41, 5.74) is 5.75. The molecule has 2 nitrogen and oxygen atoms in total. The van der Waals surface area contributed by atoms with E-state index in [0.29, 0.717) is 5.56 Å². The molecule has 0 aromatic heterocycles. The first-order valence-electron chi connectivity index (χ1n) is 4.61. The topological polar surface area (TPSA) is 35.2 Å². The van der Waals surface area contributed by atoms with E-state index in [4.69, 9.17) is 10.5 Å². The van der Waals surface area contributed by atoms with Crippen molar-refractivity contribution in [1.29, 1.82) is 0 Å². The number of nitrogens with two attached hydrogens (primary N) is 1. The van der Waals surface area contributed by atoms with Crippen molar-refractivity contribution in [3.63, 3.8) is 0 Å². The smallest absolute Gasteiger partial charge is 0.267 e. The van der Waals surface area contributed by atoms with E-state index in [2.05, 4.69) is 0 Å². The van der Waals surface area contributed by atoms with Gasteiger partial charge in [0.2, 0.25) is 0 Å². The van der Waals surface area contributed by atoms with E-state index in [1.807, 2.05) is 0 Å². The molecular formula is C11H15F2NO. The van der Waals surface area contributed by atoms with Gasteiger partial charge in [-0.1, -0.05) is 6.07 Å². The van der Waals surface area contributed by atoms with Crippen molar-refractivity contribution in [3.8, 4) is 5.75 Å². The number of alkyl halides is 2. The van der Waals surface area contributed by atoms with Gasteiger partial charge in [-0.25, -0.2) is 8.78 Å². The van der Waals surface area contributed by atoms with Crippen molar-refractivity contribution < 1.29 is 13.5 Å². The second-order valence-electron chi connectivity index (χ2n) is 3.98. The fourth-order valence-corrected chi connectivity index (χ4v) is 1.31. The maximum absolute atomic E-state index is 12.7. The summed E-state index contributed by atoms with van der Waals surface area (Å²) in [5, 5.41) is 0. The molecule has 84 valence electrons. The Balaban J connectivity index is 3.22. The molecule has 0 fully saturated rings. The first-order valence-corrected chi connectivity index (χ1v) is 4.61. The van der Waals surface area contributed by atoms with E-state index < -0.39 is 12.0 Å². The molecule has 0 heterocycles. The zero-order valence-corrected chi connectivity index (χ0v) is 9.05. The third-order valence-corrected chi connectivity index (χ3v) is 2.21. The van der Waals surface area contributed by atoms with Gasteiger partial charge in [-0.3, -0.25) is 0 Å². The average Bonchev–Trinajstić information content (AvgIpc) is 2.15. The molecule has 0 radical (unpaired) electrons. The van der Waals surface area contributed by atoms with Crippen LogP contribution in [0.5, 0.6) is 5.75 Å². The van der Waals surface area contributed by atoms with Crippen LogP contribution in [0.15, 0.2) is 18.2 Å². The minimum Gasteiger partial charge on any atom is -0.496 e. The number of methoxy groups -OCH3 is 1. The Hall–Kier alpha value is -1.16. The monoisotopic (exact) mass is 215 g/mol. The Morgan fingerprint density at radius 3 is 2.33 bits per heavy atom. The molecule has 0 amide bonds. The zero-order chi connectivity index (χ0) is 11.6. The predicted octanol–water partition coefficient (Wildman–Crippen LogP) is 2.83. The van der Waals surface area contributed by atoms with E-state index in [1.54, 1.807) is 19.9 Å². The number of ether oxygens (including phenoxy) is 1. The molecule has 0 aliphatic carbocycles.